The van der Waals surface area contributed by atoms with E-state index >= 15 is 0 Å². The number of hydrazine groups is 1. The van der Waals surface area contributed by atoms with Gasteiger partial charge in [-0.2, -0.15) is 5.10 Å². The summed E-state index contributed by atoms with van der Waals surface area (Å²) < 4.78 is 8.93. The van der Waals surface area contributed by atoms with Crippen LogP contribution in [0.1, 0.15) is 43.0 Å². The first-order valence-corrected chi connectivity index (χ1v) is 14.6. The summed E-state index contributed by atoms with van der Waals surface area (Å²) in [5.41, 5.74) is 4.87. The molecule has 1 aliphatic heterocycles. The maximum Gasteiger partial charge on any atom is 0.328 e. The third kappa shape index (κ3) is 9.90. The van der Waals surface area contributed by atoms with Gasteiger partial charge in [-0.1, -0.05) is 24.4 Å². The number of halogens is 1. The lowest BCUT2D eigenvalue weighted by Gasteiger charge is -2.23. The minimum atomic E-state index is -0.545. The van der Waals surface area contributed by atoms with Crippen molar-refractivity contribution in [1.82, 2.24) is 15.3 Å². The molecule has 0 saturated heterocycles. The lowest BCUT2D eigenvalue weighted by Crippen LogP contribution is -2.31. The second kappa shape index (κ2) is 17.9. The molecule has 1 aliphatic rings. The van der Waals surface area contributed by atoms with E-state index in [0.29, 0.717) is 47.0 Å². The average Bonchev–Trinajstić information content (AvgIpc) is 3.07. The Balaban J connectivity index is 0.00000136. The van der Waals surface area contributed by atoms with E-state index < -0.39 is 12.1 Å². The van der Waals surface area contributed by atoms with Crippen LogP contribution in [0.25, 0.3) is 17.3 Å². The van der Waals surface area contributed by atoms with Gasteiger partial charge in [-0.15, -0.1) is 0 Å². The first-order valence-electron chi connectivity index (χ1n) is 14.2. The molecular weight excluding hydrogens is 614 g/mol. The van der Waals surface area contributed by atoms with Crippen molar-refractivity contribution in [2.24, 2.45) is 16.8 Å². The Morgan fingerprint density at radius 3 is 2.59 bits per heavy atom. The number of nitrogens with one attached hydrogen (secondary N) is 3. The first kappa shape index (κ1) is 35.3. The number of ether oxygens (including phenoxy) is 2. The third-order valence-electron chi connectivity index (χ3n) is 6.97. The normalized spacial score (nSPS) is 15.9. The fourth-order valence-corrected chi connectivity index (χ4v) is 4.92. The number of amides is 1. The Bertz CT molecular complexity index is 1550. The zero-order valence-corrected chi connectivity index (χ0v) is 26.5. The van der Waals surface area contributed by atoms with Crippen molar-refractivity contribution in [3.05, 3.63) is 71.1 Å². The Morgan fingerprint density at radius 1 is 1.13 bits per heavy atom. The Morgan fingerprint density at radius 2 is 1.89 bits per heavy atom. The summed E-state index contributed by atoms with van der Waals surface area (Å²) in [7, 11) is 4.52. The van der Waals surface area contributed by atoms with Crippen LogP contribution in [0.2, 0.25) is 5.02 Å². The molecule has 1 unspecified atom stereocenters. The molecule has 4 rings (SSSR count). The van der Waals surface area contributed by atoms with Crippen molar-refractivity contribution < 1.29 is 23.9 Å². The molecule has 0 saturated carbocycles. The summed E-state index contributed by atoms with van der Waals surface area (Å²) in [6.07, 6.45) is 8.34. The molecule has 2 bridgehead atoms. The second-order valence-corrected chi connectivity index (χ2v) is 10.4. The van der Waals surface area contributed by atoms with E-state index in [1.807, 2.05) is 31.3 Å². The fourth-order valence-electron chi connectivity index (χ4n) is 4.74. The quantitative estimate of drug-likeness (QED) is 0.0451. The van der Waals surface area contributed by atoms with Gasteiger partial charge in [-0.05, 0) is 61.4 Å². The molecule has 0 fully saturated rings. The molecule has 0 spiro atoms. The maximum atomic E-state index is 13.2. The Labute approximate surface area is 272 Å². The molecule has 0 radical (unpaired) electrons. The highest BCUT2D eigenvalue weighted by Crippen LogP contribution is 2.33. The molecular formula is C31H38ClN9O5. The van der Waals surface area contributed by atoms with Crippen molar-refractivity contribution in [2.45, 2.75) is 37.8 Å². The summed E-state index contributed by atoms with van der Waals surface area (Å²) >= 11 is 6.18. The smallest absolute Gasteiger partial charge is 0.328 e. The van der Waals surface area contributed by atoms with E-state index in [2.05, 4.69) is 35.8 Å². The van der Waals surface area contributed by atoms with Crippen LogP contribution in [0.3, 0.4) is 0 Å². The first-order chi connectivity index (χ1) is 22.2. The number of methoxy groups -OCH3 is 2. The number of carbonyl (C=O) groups is 3. The summed E-state index contributed by atoms with van der Waals surface area (Å²) in [4.78, 5) is 43.7. The van der Waals surface area contributed by atoms with Crippen LogP contribution in [0.15, 0.2) is 60.0 Å². The number of fused-ring (bicyclic) bond motifs is 4. The third-order valence-corrected chi connectivity index (χ3v) is 7.20. The lowest BCUT2D eigenvalue weighted by atomic mass is 9.98. The number of nitrogens with two attached hydrogens (primary N) is 2. The molecule has 244 valence electrons. The minimum absolute atomic E-state index is 0.331. The highest BCUT2D eigenvalue weighted by Gasteiger charge is 2.24. The van der Waals surface area contributed by atoms with Crippen LogP contribution in [0, 0.1) is 0 Å². The maximum absolute atomic E-state index is 13.2. The molecule has 14 nitrogen and oxygen atoms in total. The number of hydrazone groups is 1. The minimum Gasteiger partial charge on any atom is -0.471 e. The highest BCUT2D eigenvalue weighted by molar-refractivity contribution is 6.30. The number of hydrogen-bond donors (Lipinski definition) is 5. The van der Waals surface area contributed by atoms with Gasteiger partial charge in [-0.25, -0.2) is 20.6 Å². The van der Waals surface area contributed by atoms with E-state index in [4.69, 9.17) is 32.8 Å². The largest absolute Gasteiger partial charge is 0.471 e. The van der Waals surface area contributed by atoms with Crippen molar-refractivity contribution >= 4 is 59.4 Å². The number of hydrogen-bond acceptors (Lipinski definition) is 12. The monoisotopic (exact) mass is 651 g/mol. The topological polar surface area (TPSA) is 199 Å². The molecule has 2 aromatic carbocycles. The SMILES string of the molecule is CNc1ccc2c(c1)NC(C(=O)OC)CCCC[C@H](NC(=O)/C=C/c1cc(Cl)ccc1N(N)/C=N\N)c1cc-2ncn1.COC=O. The number of rotatable bonds is 8. The van der Waals surface area contributed by atoms with E-state index in [0.717, 1.165) is 29.8 Å². The van der Waals surface area contributed by atoms with Crippen LogP contribution in [-0.4, -0.2) is 62.0 Å². The molecule has 3 aromatic rings. The van der Waals surface area contributed by atoms with Gasteiger partial charge < -0.3 is 31.3 Å². The zero-order chi connectivity index (χ0) is 33.5. The van der Waals surface area contributed by atoms with E-state index in [1.165, 1.54) is 38.0 Å². The average molecular weight is 652 g/mol. The van der Waals surface area contributed by atoms with Crippen molar-refractivity contribution in [1.29, 1.82) is 0 Å². The number of anilines is 3. The molecule has 0 aliphatic carbocycles. The van der Waals surface area contributed by atoms with Crippen molar-refractivity contribution in [2.75, 3.05) is 36.9 Å². The Hall–Kier alpha value is -5.21. The van der Waals surface area contributed by atoms with E-state index in [1.54, 1.807) is 24.3 Å². The zero-order valence-electron chi connectivity index (χ0n) is 25.8. The van der Waals surface area contributed by atoms with Gasteiger partial charge in [0.1, 0.15) is 18.7 Å². The van der Waals surface area contributed by atoms with Crippen LogP contribution in [-0.2, 0) is 23.9 Å². The van der Waals surface area contributed by atoms with Crippen molar-refractivity contribution in [3.63, 3.8) is 0 Å². The van der Waals surface area contributed by atoms with Gasteiger partial charge in [0.2, 0.25) is 5.91 Å². The predicted octanol–water partition coefficient (Wildman–Crippen LogP) is 3.61. The highest BCUT2D eigenvalue weighted by atomic mass is 35.5. The van der Waals surface area contributed by atoms with E-state index in [-0.39, 0.29) is 11.9 Å². The fraction of sp³-hybridized carbons (Fsp3) is 0.290. The van der Waals surface area contributed by atoms with Crippen LogP contribution >= 0.6 is 11.6 Å². The van der Waals surface area contributed by atoms with Gasteiger partial charge in [-0.3, -0.25) is 14.6 Å². The molecule has 2 heterocycles. The number of benzene rings is 2. The van der Waals surface area contributed by atoms with Gasteiger partial charge >= 0.3 is 5.97 Å². The van der Waals surface area contributed by atoms with Crippen LogP contribution < -0.4 is 32.6 Å². The summed E-state index contributed by atoms with van der Waals surface area (Å²) in [6.45, 7) is 0.375. The molecule has 15 heteroatoms. The standard InChI is InChI=1S/C29H34ClN9O3.C2H4O2/c1-33-20-9-10-21-24-15-26(35-16-34-24)22(5-3-4-6-23(29(41)42-2)37-25(21)14-20)38-28(40)12-7-18-13-19(30)8-11-27(18)39(32)17-36-31;1-4-2-3/h7-17,22-23,33,37H,3-6,31-32H2,1-2H3,(H,38,40);2H,1H3/b12-7+,36-17-;/t22-,23?;/m0./s1. The second-order valence-electron chi connectivity index (χ2n) is 9.94. The van der Waals surface area contributed by atoms with Gasteiger partial charge in [0.25, 0.3) is 6.47 Å². The summed E-state index contributed by atoms with van der Waals surface area (Å²) in [5, 5.41) is 14.7. The summed E-state index contributed by atoms with van der Waals surface area (Å²) in [5.74, 6) is 10.5. The predicted molar refractivity (Wildman–Crippen MR) is 179 cm³/mol. The van der Waals surface area contributed by atoms with Crippen molar-refractivity contribution in [3.8, 4) is 11.3 Å². The van der Waals surface area contributed by atoms with E-state index in [9.17, 15) is 9.59 Å². The molecule has 1 amide bonds. The molecule has 46 heavy (non-hydrogen) atoms. The molecule has 1 aromatic heterocycles. The number of aromatic nitrogens is 2. The lowest BCUT2D eigenvalue weighted by molar-refractivity contribution is -0.141. The van der Waals surface area contributed by atoms with Gasteiger partial charge in [0.15, 0.2) is 0 Å². The molecule has 2 atom stereocenters. The number of esters is 1. The number of carbonyl (C=O) groups excluding carboxylic acids is 3. The van der Waals surface area contributed by atoms with Crippen LogP contribution in [0.5, 0.6) is 0 Å². The van der Waals surface area contributed by atoms with Gasteiger partial charge in [0.05, 0.1) is 37.3 Å². The Kier molecular flexibility index (Phi) is 13.7. The summed E-state index contributed by atoms with van der Waals surface area (Å²) in [6, 6.07) is 11.7. The van der Waals surface area contributed by atoms with Crippen LogP contribution in [0.4, 0.5) is 17.1 Å². The van der Waals surface area contributed by atoms with Gasteiger partial charge in [0, 0.05) is 40.6 Å². The number of nitrogens with zero attached hydrogens (tertiary/aromatic N) is 4. The molecule has 7 N–H and O–H groups in total.